The lowest BCUT2D eigenvalue weighted by atomic mass is 9.89. The molecule has 1 aromatic carbocycles. The first kappa shape index (κ1) is 24.3. The second-order valence-corrected chi connectivity index (χ2v) is 9.71. The monoisotopic (exact) mass is 466 g/mol. The number of ether oxygens (including phenoxy) is 1. The third kappa shape index (κ3) is 4.84. The Morgan fingerprint density at radius 1 is 1.15 bits per heavy atom. The molecule has 0 bridgehead atoms. The number of aryl methyl sites for hydroxylation is 2. The number of esters is 1. The van der Waals surface area contributed by atoms with Crippen LogP contribution in [0.3, 0.4) is 0 Å². The molecule has 0 spiro atoms. The molecule has 2 heterocycles. The van der Waals surface area contributed by atoms with Crippen molar-refractivity contribution in [2.24, 2.45) is 17.6 Å². The fraction of sp³-hybridized carbons (Fsp3) is 0.593. The van der Waals surface area contributed by atoms with Gasteiger partial charge in [-0.15, -0.1) is 0 Å². The van der Waals surface area contributed by atoms with Gasteiger partial charge in [-0.1, -0.05) is 25.0 Å². The van der Waals surface area contributed by atoms with Gasteiger partial charge in [0.1, 0.15) is 11.8 Å². The minimum atomic E-state index is -0.643. The van der Waals surface area contributed by atoms with Crippen molar-refractivity contribution < 1.29 is 14.3 Å². The van der Waals surface area contributed by atoms with Gasteiger partial charge in [-0.25, -0.2) is 0 Å². The molecule has 2 unspecified atom stereocenters. The van der Waals surface area contributed by atoms with Gasteiger partial charge in [-0.05, 0) is 75.8 Å². The molecule has 7 heteroatoms. The molecule has 1 saturated carbocycles. The van der Waals surface area contributed by atoms with Crippen LogP contribution in [0.5, 0.6) is 0 Å². The third-order valence-corrected chi connectivity index (χ3v) is 7.69. The Morgan fingerprint density at radius 3 is 2.59 bits per heavy atom. The van der Waals surface area contributed by atoms with E-state index in [0.29, 0.717) is 6.61 Å². The summed E-state index contributed by atoms with van der Waals surface area (Å²) >= 11 is 0. The summed E-state index contributed by atoms with van der Waals surface area (Å²) in [6.45, 7) is 5.80. The van der Waals surface area contributed by atoms with E-state index in [2.05, 4.69) is 17.6 Å². The molecule has 3 N–H and O–H groups in total. The van der Waals surface area contributed by atoms with Crippen molar-refractivity contribution in [2.45, 2.75) is 77.8 Å². The zero-order valence-electron chi connectivity index (χ0n) is 20.5. The quantitative estimate of drug-likeness (QED) is 0.250. The summed E-state index contributed by atoms with van der Waals surface area (Å²) in [5, 5.41) is 8.90. The summed E-state index contributed by atoms with van der Waals surface area (Å²) in [6.07, 6.45) is 7.75. The van der Waals surface area contributed by atoms with Crippen LogP contribution >= 0.6 is 0 Å². The fourth-order valence-electron chi connectivity index (χ4n) is 6.00. The predicted octanol–water partition coefficient (Wildman–Crippen LogP) is 4.24. The molecule has 7 nitrogen and oxygen atoms in total. The van der Waals surface area contributed by atoms with E-state index in [9.17, 15) is 9.59 Å². The number of carbonyl (C=O) groups excluding carboxylic acids is 2. The van der Waals surface area contributed by atoms with Gasteiger partial charge in [0.25, 0.3) is 0 Å². The van der Waals surface area contributed by atoms with Crippen LogP contribution in [-0.2, 0) is 27.3 Å². The molecule has 2 atom stereocenters. The second-order valence-electron chi connectivity index (χ2n) is 9.71. The number of likely N-dealkylation sites (tertiary alicyclic amines) is 1. The first-order chi connectivity index (χ1) is 16.4. The summed E-state index contributed by atoms with van der Waals surface area (Å²) in [4.78, 5) is 28.4. The Morgan fingerprint density at radius 2 is 1.91 bits per heavy atom. The minimum absolute atomic E-state index is 0.0185. The van der Waals surface area contributed by atoms with Crippen molar-refractivity contribution in [3.8, 4) is 0 Å². The SMILES string of the molecule is CCOC(=O)C(C(=O)N1CCCC1CCc1cc2ccc(C(=N)N)cc2n1CC)C1CCCC1. The summed E-state index contributed by atoms with van der Waals surface area (Å²) in [5.74, 6) is -0.806. The molecule has 4 rings (SSSR count). The number of rotatable bonds is 9. The zero-order chi connectivity index (χ0) is 24.2. The highest BCUT2D eigenvalue weighted by Gasteiger charge is 2.42. The molecule has 1 aliphatic carbocycles. The summed E-state index contributed by atoms with van der Waals surface area (Å²) in [7, 11) is 0. The molecule has 2 aliphatic rings. The molecule has 1 aliphatic heterocycles. The normalized spacial score (nSPS) is 19.6. The van der Waals surface area contributed by atoms with E-state index in [-0.39, 0.29) is 29.7 Å². The average Bonchev–Trinajstić information content (AvgIpc) is 3.56. The van der Waals surface area contributed by atoms with Crippen LogP contribution in [0.1, 0.15) is 70.1 Å². The number of aromatic nitrogens is 1. The lowest BCUT2D eigenvalue weighted by molar-refractivity contribution is -0.158. The minimum Gasteiger partial charge on any atom is -0.465 e. The highest BCUT2D eigenvalue weighted by Crippen LogP contribution is 2.35. The molecule has 2 aromatic rings. The van der Waals surface area contributed by atoms with Gasteiger partial charge < -0.3 is 19.9 Å². The van der Waals surface area contributed by atoms with E-state index in [1.165, 1.54) is 5.69 Å². The largest absolute Gasteiger partial charge is 0.465 e. The van der Waals surface area contributed by atoms with Gasteiger partial charge in [-0.3, -0.25) is 15.0 Å². The second kappa shape index (κ2) is 10.6. The maximum absolute atomic E-state index is 13.6. The molecule has 1 aromatic heterocycles. The first-order valence-corrected chi connectivity index (χ1v) is 12.9. The maximum Gasteiger partial charge on any atom is 0.318 e. The Hall–Kier alpha value is -2.83. The van der Waals surface area contributed by atoms with Crippen LogP contribution < -0.4 is 5.73 Å². The molecule has 0 radical (unpaired) electrons. The van der Waals surface area contributed by atoms with Crippen molar-refractivity contribution in [3.05, 3.63) is 35.5 Å². The molecule has 1 amide bonds. The van der Waals surface area contributed by atoms with Gasteiger partial charge in [0.15, 0.2) is 0 Å². The summed E-state index contributed by atoms with van der Waals surface area (Å²) < 4.78 is 7.62. The van der Waals surface area contributed by atoms with Crippen molar-refractivity contribution in [3.63, 3.8) is 0 Å². The molecular formula is C27H38N4O3. The molecular weight excluding hydrogens is 428 g/mol. The van der Waals surface area contributed by atoms with Crippen LogP contribution in [0.4, 0.5) is 0 Å². The van der Waals surface area contributed by atoms with Crippen LogP contribution in [-0.4, -0.2) is 46.4 Å². The number of hydrogen-bond donors (Lipinski definition) is 2. The van der Waals surface area contributed by atoms with E-state index < -0.39 is 5.92 Å². The number of nitrogen functional groups attached to an aromatic ring is 1. The lowest BCUT2D eigenvalue weighted by Crippen LogP contribution is -2.45. The molecule has 2 fully saturated rings. The lowest BCUT2D eigenvalue weighted by Gasteiger charge is -2.30. The molecule has 34 heavy (non-hydrogen) atoms. The zero-order valence-corrected chi connectivity index (χ0v) is 20.5. The maximum atomic E-state index is 13.6. The smallest absolute Gasteiger partial charge is 0.318 e. The Labute approximate surface area is 202 Å². The van der Waals surface area contributed by atoms with Crippen molar-refractivity contribution in [2.75, 3.05) is 13.2 Å². The Kier molecular flexibility index (Phi) is 7.59. The standard InChI is InChI=1S/C27H38N4O3/c1-3-30-22(16-19-11-12-20(25(28)29)17-23(19)30)14-13-21-10-7-15-31(21)26(32)24(27(33)34-4-2)18-8-5-6-9-18/h11-12,16-18,21,24H,3-10,13-15H2,1-2H3,(H3,28,29). The van der Waals surface area contributed by atoms with E-state index in [1.54, 1.807) is 6.92 Å². The number of benzene rings is 1. The molecule has 184 valence electrons. The summed E-state index contributed by atoms with van der Waals surface area (Å²) in [5.41, 5.74) is 8.76. The Bertz CT molecular complexity index is 1050. The number of nitrogens with two attached hydrogens (primary N) is 1. The average molecular weight is 467 g/mol. The topological polar surface area (TPSA) is 101 Å². The number of amides is 1. The Balaban J connectivity index is 1.50. The fourth-order valence-corrected chi connectivity index (χ4v) is 6.00. The highest BCUT2D eigenvalue weighted by molar-refractivity contribution is 5.99. The predicted molar refractivity (Wildman–Crippen MR) is 134 cm³/mol. The number of nitrogens with one attached hydrogen (secondary N) is 1. The highest BCUT2D eigenvalue weighted by atomic mass is 16.5. The van der Waals surface area contributed by atoms with E-state index in [4.69, 9.17) is 15.9 Å². The number of amidine groups is 1. The van der Waals surface area contributed by atoms with Crippen LogP contribution in [0.2, 0.25) is 0 Å². The van der Waals surface area contributed by atoms with Crippen LogP contribution in [0.15, 0.2) is 24.3 Å². The molecule has 1 saturated heterocycles. The van der Waals surface area contributed by atoms with Crippen LogP contribution in [0, 0.1) is 17.2 Å². The van der Waals surface area contributed by atoms with E-state index in [1.807, 2.05) is 23.1 Å². The van der Waals surface area contributed by atoms with Crippen molar-refractivity contribution in [1.29, 1.82) is 5.41 Å². The number of fused-ring (bicyclic) bond motifs is 1. The van der Waals surface area contributed by atoms with Crippen molar-refractivity contribution >= 4 is 28.6 Å². The van der Waals surface area contributed by atoms with Gasteiger partial charge in [0.2, 0.25) is 5.91 Å². The van der Waals surface area contributed by atoms with Gasteiger partial charge in [-0.2, -0.15) is 0 Å². The third-order valence-electron chi connectivity index (χ3n) is 7.69. The van der Waals surface area contributed by atoms with E-state index in [0.717, 1.165) is 80.9 Å². The van der Waals surface area contributed by atoms with Gasteiger partial charge >= 0.3 is 5.97 Å². The van der Waals surface area contributed by atoms with Gasteiger partial charge in [0, 0.05) is 35.9 Å². The van der Waals surface area contributed by atoms with Gasteiger partial charge in [0.05, 0.1) is 6.61 Å². The van der Waals surface area contributed by atoms with E-state index >= 15 is 0 Å². The number of carbonyl (C=O) groups is 2. The summed E-state index contributed by atoms with van der Waals surface area (Å²) in [6, 6.07) is 8.27. The van der Waals surface area contributed by atoms with Crippen LogP contribution in [0.25, 0.3) is 10.9 Å². The van der Waals surface area contributed by atoms with Crippen molar-refractivity contribution in [1.82, 2.24) is 9.47 Å². The first-order valence-electron chi connectivity index (χ1n) is 12.9. The number of nitrogens with zero attached hydrogens (tertiary/aromatic N) is 2. The number of hydrogen-bond acceptors (Lipinski definition) is 4.